The van der Waals surface area contributed by atoms with Crippen molar-refractivity contribution in [1.82, 2.24) is 14.3 Å². The van der Waals surface area contributed by atoms with Gasteiger partial charge in [0.1, 0.15) is 10.3 Å². The van der Waals surface area contributed by atoms with Crippen molar-refractivity contribution in [3.63, 3.8) is 0 Å². The maximum atomic E-state index is 13.9. The summed E-state index contributed by atoms with van der Waals surface area (Å²) in [6, 6.07) is 11.2. The third-order valence-corrected chi connectivity index (χ3v) is 10.4. The average molecular weight is 554 g/mol. The molecule has 7 nitrogen and oxygen atoms in total. The molecule has 4 heterocycles. The second-order valence-corrected chi connectivity index (χ2v) is 13.0. The summed E-state index contributed by atoms with van der Waals surface area (Å²) < 4.78 is 29.3. The second kappa shape index (κ2) is 9.52. The molecule has 3 aromatic heterocycles. The number of benzene rings is 1. The van der Waals surface area contributed by atoms with Crippen molar-refractivity contribution in [1.29, 1.82) is 0 Å². The fourth-order valence-corrected chi connectivity index (χ4v) is 8.43. The Balaban J connectivity index is 1.52. The normalized spacial score (nSPS) is 16.8. The van der Waals surface area contributed by atoms with Gasteiger partial charge in [-0.05, 0) is 60.9 Å². The van der Waals surface area contributed by atoms with Gasteiger partial charge >= 0.3 is 0 Å². The minimum atomic E-state index is -3.86. The first kappa shape index (κ1) is 23.7. The van der Waals surface area contributed by atoms with E-state index in [1.165, 1.54) is 21.7 Å². The van der Waals surface area contributed by atoms with Crippen molar-refractivity contribution in [2.45, 2.75) is 29.6 Å². The van der Waals surface area contributed by atoms with Crippen LogP contribution >= 0.6 is 45.9 Å². The highest BCUT2D eigenvalue weighted by Gasteiger charge is 2.42. The molecule has 0 radical (unpaired) electrons. The molecule has 1 fully saturated rings. The quantitative estimate of drug-likeness (QED) is 0.317. The maximum Gasteiger partial charge on any atom is 0.253 e. The van der Waals surface area contributed by atoms with Gasteiger partial charge in [0.15, 0.2) is 5.13 Å². The predicted octanol–water partition coefficient (Wildman–Crippen LogP) is 5.45. The number of carbonyl (C=O) groups excluding carboxylic acids is 1. The number of halogens is 2. The molecule has 1 aromatic carbocycles. The van der Waals surface area contributed by atoms with Crippen LogP contribution in [0.2, 0.25) is 9.36 Å². The van der Waals surface area contributed by atoms with Gasteiger partial charge < -0.3 is 0 Å². The number of nitrogens with zero attached hydrogens (tertiary/aromatic N) is 4. The van der Waals surface area contributed by atoms with Gasteiger partial charge in [0, 0.05) is 24.0 Å². The van der Waals surface area contributed by atoms with E-state index in [4.69, 9.17) is 23.2 Å². The Hall–Kier alpha value is -2.08. The Bertz CT molecular complexity index is 1460. The molecule has 1 aliphatic rings. The van der Waals surface area contributed by atoms with E-state index in [2.05, 4.69) is 9.97 Å². The summed E-state index contributed by atoms with van der Waals surface area (Å²) in [5.74, 6) is -0.314. The molecular formula is C22H18Cl2N4O3S3. The van der Waals surface area contributed by atoms with Crippen LogP contribution in [0, 0.1) is 0 Å². The van der Waals surface area contributed by atoms with Crippen LogP contribution in [0.5, 0.6) is 0 Å². The molecule has 0 bridgehead atoms. The Morgan fingerprint density at radius 1 is 1.12 bits per heavy atom. The molecule has 34 heavy (non-hydrogen) atoms. The average Bonchev–Trinajstić information content (AvgIpc) is 3.57. The summed E-state index contributed by atoms with van der Waals surface area (Å²) in [7, 11) is -3.86. The maximum absolute atomic E-state index is 13.9. The Kier molecular flexibility index (Phi) is 6.62. The highest BCUT2D eigenvalue weighted by Crippen LogP contribution is 2.36. The van der Waals surface area contributed by atoms with Crippen molar-refractivity contribution in [2.75, 3.05) is 11.4 Å². The molecule has 0 saturated carbocycles. The number of thiophene rings is 1. The van der Waals surface area contributed by atoms with E-state index in [0.29, 0.717) is 27.3 Å². The highest BCUT2D eigenvalue weighted by molar-refractivity contribution is 7.91. The third-order valence-electron chi connectivity index (χ3n) is 5.53. The van der Waals surface area contributed by atoms with Crippen LogP contribution in [-0.2, 0) is 21.4 Å². The first-order valence-electron chi connectivity index (χ1n) is 10.4. The van der Waals surface area contributed by atoms with E-state index in [1.54, 1.807) is 41.6 Å². The number of hydrogen-bond donors (Lipinski definition) is 0. The molecule has 1 aliphatic heterocycles. The number of aromatic nitrogens is 2. The lowest BCUT2D eigenvalue weighted by Gasteiger charge is -2.28. The molecule has 1 saturated heterocycles. The lowest BCUT2D eigenvalue weighted by molar-refractivity contribution is -0.121. The number of carbonyl (C=O) groups is 1. The van der Waals surface area contributed by atoms with Crippen LogP contribution in [0.4, 0.5) is 5.13 Å². The molecule has 5 rings (SSSR count). The van der Waals surface area contributed by atoms with E-state index in [9.17, 15) is 13.2 Å². The standard InChI is InChI=1S/C22H18Cl2N4O3S3/c23-15-3-4-16-18(12-15)32-22(26-16)27(13-14-7-9-25-10-8-14)21(29)17-2-1-11-28(17)34(30,31)20-6-5-19(24)33-20/h3-10,12,17H,1-2,11,13H2. The number of rotatable bonds is 6. The van der Waals surface area contributed by atoms with Gasteiger partial charge in [-0.15, -0.1) is 11.3 Å². The van der Waals surface area contributed by atoms with Gasteiger partial charge in [0.25, 0.3) is 10.0 Å². The van der Waals surface area contributed by atoms with Crippen LogP contribution in [0.15, 0.2) is 59.1 Å². The van der Waals surface area contributed by atoms with Crippen molar-refractivity contribution in [2.24, 2.45) is 0 Å². The summed E-state index contributed by atoms with van der Waals surface area (Å²) in [4.78, 5) is 24.2. The Morgan fingerprint density at radius 2 is 1.91 bits per heavy atom. The summed E-state index contributed by atoms with van der Waals surface area (Å²) in [5, 5.41) is 1.07. The zero-order valence-corrected chi connectivity index (χ0v) is 21.6. The number of sulfonamides is 1. The number of thiazole rings is 1. The topological polar surface area (TPSA) is 83.5 Å². The minimum absolute atomic E-state index is 0.132. The molecule has 1 atom stereocenters. The first-order valence-corrected chi connectivity index (χ1v) is 14.2. The third kappa shape index (κ3) is 4.58. The lowest BCUT2D eigenvalue weighted by Crippen LogP contribution is -2.47. The highest BCUT2D eigenvalue weighted by atomic mass is 35.5. The largest absolute Gasteiger partial charge is 0.282 e. The first-order chi connectivity index (χ1) is 16.3. The van der Waals surface area contributed by atoms with Crippen LogP contribution in [0.25, 0.3) is 10.2 Å². The predicted molar refractivity (Wildman–Crippen MR) is 136 cm³/mol. The zero-order valence-electron chi connectivity index (χ0n) is 17.6. The number of fused-ring (bicyclic) bond motifs is 1. The van der Waals surface area contributed by atoms with Crippen LogP contribution < -0.4 is 4.90 Å². The van der Waals surface area contributed by atoms with Gasteiger partial charge in [-0.3, -0.25) is 14.7 Å². The van der Waals surface area contributed by atoms with Gasteiger partial charge in [0.2, 0.25) is 5.91 Å². The number of pyridine rings is 1. The van der Waals surface area contributed by atoms with E-state index < -0.39 is 16.1 Å². The molecule has 4 aromatic rings. The summed E-state index contributed by atoms with van der Waals surface area (Å²) in [6.07, 6.45) is 4.33. The van der Waals surface area contributed by atoms with Crippen molar-refractivity contribution in [3.05, 3.63) is 69.8 Å². The molecule has 0 aliphatic carbocycles. The second-order valence-electron chi connectivity index (χ2n) is 7.72. The monoisotopic (exact) mass is 552 g/mol. The number of anilines is 1. The number of amides is 1. The van der Waals surface area contributed by atoms with E-state index in [1.807, 2.05) is 12.1 Å². The van der Waals surface area contributed by atoms with Crippen molar-refractivity contribution in [3.8, 4) is 0 Å². The summed E-state index contributed by atoms with van der Waals surface area (Å²) in [6.45, 7) is 0.511. The molecule has 12 heteroatoms. The summed E-state index contributed by atoms with van der Waals surface area (Å²) >= 11 is 14.5. The van der Waals surface area contributed by atoms with Crippen LogP contribution in [-0.4, -0.2) is 41.2 Å². The van der Waals surface area contributed by atoms with E-state index >= 15 is 0 Å². The van der Waals surface area contributed by atoms with Gasteiger partial charge in [-0.25, -0.2) is 13.4 Å². The number of hydrogen-bond acceptors (Lipinski definition) is 7. The van der Waals surface area contributed by atoms with E-state index in [-0.39, 0.29) is 23.2 Å². The van der Waals surface area contributed by atoms with Crippen molar-refractivity contribution >= 4 is 77.2 Å². The van der Waals surface area contributed by atoms with Gasteiger partial charge in [-0.2, -0.15) is 4.31 Å². The van der Waals surface area contributed by atoms with Gasteiger partial charge in [-0.1, -0.05) is 34.5 Å². The fraction of sp³-hybridized carbons (Fsp3) is 0.227. The van der Waals surface area contributed by atoms with Crippen LogP contribution in [0.1, 0.15) is 18.4 Å². The molecule has 0 spiro atoms. The molecular weight excluding hydrogens is 535 g/mol. The van der Waals surface area contributed by atoms with Gasteiger partial charge in [0.05, 0.1) is 21.1 Å². The molecule has 1 unspecified atom stereocenters. The molecule has 1 amide bonds. The van der Waals surface area contributed by atoms with Crippen molar-refractivity contribution < 1.29 is 13.2 Å². The summed E-state index contributed by atoms with van der Waals surface area (Å²) in [5.41, 5.74) is 1.58. The minimum Gasteiger partial charge on any atom is -0.282 e. The van der Waals surface area contributed by atoms with E-state index in [0.717, 1.165) is 27.1 Å². The Morgan fingerprint density at radius 3 is 2.65 bits per heavy atom. The zero-order chi connectivity index (χ0) is 23.9. The smallest absolute Gasteiger partial charge is 0.253 e. The fourth-order valence-electron chi connectivity index (χ4n) is 3.92. The lowest BCUT2D eigenvalue weighted by atomic mass is 10.2. The SMILES string of the molecule is O=C(C1CCCN1S(=O)(=O)c1ccc(Cl)s1)N(Cc1ccncc1)c1nc2ccc(Cl)cc2s1. The Labute approximate surface area is 214 Å². The van der Waals surface area contributed by atoms with Crippen LogP contribution in [0.3, 0.4) is 0 Å². The molecule has 0 N–H and O–H groups in total. The molecule has 176 valence electrons.